The van der Waals surface area contributed by atoms with E-state index in [1.165, 1.54) is 13.0 Å². The monoisotopic (exact) mass is 545 g/mol. The van der Waals surface area contributed by atoms with Crippen molar-refractivity contribution >= 4 is 65.7 Å². The number of aliphatic carboxylic acids is 1. The van der Waals surface area contributed by atoms with Crippen molar-refractivity contribution in [2.75, 3.05) is 0 Å². The average molecular weight is 548 g/mol. The molecule has 0 heterocycles. The molecule has 0 spiro atoms. The van der Waals surface area contributed by atoms with Crippen molar-refractivity contribution in [1.29, 1.82) is 0 Å². The van der Waals surface area contributed by atoms with Crippen molar-refractivity contribution in [3.63, 3.8) is 0 Å². The highest BCUT2D eigenvalue weighted by molar-refractivity contribution is 9.11. The maximum Gasteiger partial charge on any atom is 0.352 e. The molecule has 0 saturated heterocycles. The van der Waals surface area contributed by atoms with E-state index in [9.17, 15) is 14.7 Å². The van der Waals surface area contributed by atoms with Crippen LogP contribution in [0.1, 0.15) is 18.1 Å². The maximum absolute atomic E-state index is 11.2. The molecule has 0 bridgehead atoms. The molecule has 0 unspecified atom stereocenters. The molecule has 8 heteroatoms. The summed E-state index contributed by atoms with van der Waals surface area (Å²) in [5.74, 6) is -1.08. The Morgan fingerprint density at radius 1 is 1.15 bits per heavy atom. The van der Waals surface area contributed by atoms with Gasteiger partial charge in [0.15, 0.2) is 0 Å². The number of benzene rings is 2. The second-order valence-corrected chi connectivity index (χ2v) is 7.90. The molecule has 0 radical (unpaired) electrons. The van der Waals surface area contributed by atoms with E-state index in [4.69, 9.17) is 4.74 Å². The molecule has 2 aromatic rings. The molecule has 2 rings (SSSR count). The van der Waals surface area contributed by atoms with Crippen molar-refractivity contribution in [3.8, 4) is 5.75 Å². The summed E-state index contributed by atoms with van der Waals surface area (Å²) in [7, 11) is 0. The number of carbonyl (C=O) groups is 2. The highest BCUT2D eigenvalue weighted by Crippen LogP contribution is 2.36. The Labute approximate surface area is 175 Å². The minimum atomic E-state index is -1.22. The molecule has 0 aliphatic carbocycles. The summed E-state index contributed by atoms with van der Waals surface area (Å²) < 4.78 is 8.13. The number of hydrogen-bond donors (Lipinski definition) is 2. The summed E-state index contributed by atoms with van der Waals surface area (Å²) in [6.07, 6.45) is 1.37. The van der Waals surface area contributed by atoms with Crippen LogP contribution in [0.2, 0.25) is 0 Å². The number of halogens is 3. The minimum absolute atomic E-state index is 0.209. The fraction of sp³-hybridized carbons (Fsp3) is 0.111. The van der Waals surface area contributed by atoms with Gasteiger partial charge in [0.05, 0.1) is 8.95 Å². The van der Waals surface area contributed by atoms with Crippen LogP contribution in [0.3, 0.4) is 0 Å². The lowest BCUT2D eigenvalue weighted by Crippen LogP contribution is -2.24. The third-order valence-electron chi connectivity index (χ3n) is 3.14. The van der Waals surface area contributed by atoms with Gasteiger partial charge in [-0.05, 0) is 73.3 Å². The third kappa shape index (κ3) is 5.96. The lowest BCUT2D eigenvalue weighted by atomic mass is 10.2. The number of carboxylic acids is 1. The first kappa shape index (κ1) is 20.7. The molecule has 26 heavy (non-hydrogen) atoms. The SMILES string of the molecule is CC(=O)NC(=Cc1cc(Br)c(OCc2cccc(Br)c2)c(Br)c1)C(=O)O. The Balaban J connectivity index is 2.24. The average Bonchev–Trinajstić information content (AvgIpc) is 2.53. The van der Waals surface area contributed by atoms with Gasteiger partial charge in [-0.2, -0.15) is 0 Å². The van der Waals surface area contributed by atoms with Gasteiger partial charge in [0.25, 0.3) is 0 Å². The molecule has 1 amide bonds. The lowest BCUT2D eigenvalue weighted by Gasteiger charge is -2.12. The van der Waals surface area contributed by atoms with E-state index in [1.54, 1.807) is 12.1 Å². The summed E-state index contributed by atoms with van der Waals surface area (Å²) in [5, 5.41) is 11.5. The van der Waals surface area contributed by atoms with Crippen molar-refractivity contribution < 1.29 is 19.4 Å². The lowest BCUT2D eigenvalue weighted by molar-refractivity contribution is -0.134. The number of carbonyl (C=O) groups excluding carboxylic acids is 1. The van der Waals surface area contributed by atoms with E-state index in [0.717, 1.165) is 10.0 Å². The third-order valence-corrected chi connectivity index (χ3v) is 4.82. The highest BCUT2D eigenvalue weighted by Gasteiger charge is 2.12. The van der Waals surface area contributed by atoms with E-state index in [1.807, 2.05) is 24.3 Å². The zero-order valence-corrected chi connectivity index (χ0v) is 18.3. The van der Waals surface area contributed by atoms with Crippen LogP contribution in [0.25, 0.3) is 6.08 Å². The fourth-order valence-electron chi connectivity index (χ4n) is 2.09. The van der Waals surface area contributed by atoms with Crippen LogP contribution in [0.5, 0.6) is 5.75 Å². The van der Waals surface area contributed by atoms with Gasteiger partial charge < -0.3 is 15.2 Å². The van der Waals surface area contributed by atoms with Crippen molar-refractivity contribution in [2.24, 2.45) is 0 Å². The summed E-state index contributed by atoms with van der Waals surface area (Å²) in [6.45, 7) is 1.62. The van der Waals surface area contributed by atoms with Crippen molar-refractivity contribution in [3.05, 3.63) is 66.6 Å². The number of ether oxygens (including phenoxy) is 1. The van der Waals surface area contributed by atoms with E-state index >= 15 is 0 Å². The Hall–Kier alpha value is -1.64. The van der Waals surface area contributed by atoms with Crippen LogP contribution in [0, 0.1) is 0 Å². The molecule has 0 aromatic heterocycles. The van der Waals surface area contributed by atoms with Crippen LogP contribution in [-0.4, -0.2) is 17.0 Å². The predicted octanol–water partition coefficient (Wildman–Crippen LogP) is 5.11. The van der Waals surface area contributed by atoms with Gasteiger partial charge in [-0.25, -0.2) is 4.79 Å². The van der Waals surface area contributed by atoms with E-state index in [2.05, 4.69) is 53.1 Å². The van der Waals surface area contributed by atoms with Crippen LogP contribution in [0.15, 0.2) is 55.5 Å². The van der Waals surface area contributed by atoms with E-state index in [0.29, 0.717) is 26.9 Å². The first-order valence-corrected chi connectivity index (χ1v) is 9.73. The first-order chi connectivity index (χ1) is 12.3. The maximum atomic E-state index is 11.2. The van der Waals surface area contributed by atoms with Crippen molar-refractivity contribution in [1.82, 2.24) is 5.32 Å². The van der Waals surface area contributed by atoms with Gasteiger partial charge in [-0.1, -0.05) is 28.1 Å². The van der Waals surface area contributed by atoms with Crippen LogP contribution in [-0.2, 0) is 16.2 Å². The highest BCUT2D eigenvalue weighted by atomic mass is 79.9. The summed E-state index contributed by atoms with van der Waals surface area (Å²) >= 11 is 10.3. The first-order valence-electron chi connectivity index (χ1n) is 7.35. The Bertz CT molecular complexity index is 857. The standard InChI is InChI=1S/C18H14Br3NO4/c1-10(23)22-16(18(24)25)8-12-6-14(20)17(15(21)7-12)26-9-11-3-2-4-13(19)5-11/h2-8H,9H2,1H3,(H,22,23)(H,24,25). The molecule has 2 aromatic carbocycles. The van der Waals surface area contributed by atoms with E-state index in [-0.39, 0.29) is 5.70 Å². The minimum Gasteiger partial charge on any atom is -0.487 e. The molecule has 5 nitrogen and oxygen atoms in total. The van der Waals surface area contributed by atoms with Gasteiger partial charge in [0.2, 0.25) is 5.91 Å². The van der Waals surface area contributed by atoms with Crippen molar-refractivity contribution in [2.45, 2.75) is 13.5 Å². The molecular weight excluding hydrogens is 534 g/mol. The largest absolute Gasteiger partial charge is 0.487 e. The zero-order valence-electron chi connectivity index (χ0n) is 13.6. The van der Waals surface area contributed by atoms with E-state index < -0.39 is 11.9 Å². The van der Waals surface area contributed by atoms with Gasteiger partial charge in [-0.15, -0.1) is 0 Å². The molecule has 0 saturated carbocycles. The molecule has 0 atom stereocenters. The zero-order chi connectivity index (χ0) is 19.3. The number of carboxylic acid groups (broad SMARTS) is 1. The summed E-state index contributed by atoms with van der Waals surface area (Å²) in [4.78, 5) is 22.4. The summed E-state index contributed by atoms with van der Waals surface area (Å²) in [5.41, 5.74) is 1.38. The predicted molar refractivity (Wildman–Crippen MR) is 110 cm³/mol. The van der Waals surface area contributed by atoms with Gasteiger partial charge in [-0.3, -0.25) is 4.79 Å². The van der Waals surface area contributed by atoms with Crippen LogP contribution >= 0.6 is 47.8 Å². The second-order valence-electron chi connectivity index (χ2n) is 5.28. The molecule has 0 fully saturated rings. The van der Waals surface area contributed by atoms with Crippen LogP contribution < -0.4 is 10.1 Å². The Morgan fingerprint density at radius 3 is 2.35 bits per heavy atom. The van der Waals surface area contributed by atoms with Crippen LogP contribution in [0.4, 0.5) is 0 Å². The molecular formula is C18H14Br3NO4. The van der Waals surface area contributed by atoms with Gasteiger partial charge in [0.1, 0.15) is 18.1 Å². The molecule has 2 N–H and O–H groups in total. The number of hydrogen-bond acceptors (Lipinski definition) is 3. The van der Waals surface area contributed by atoms with Gasteiger partial charge in [0, 0.05) is 11.4 Å². The number of nitrogens with one attached hydrogen (secondary N) is 1. The topological polar surface area (TPSA) is 75.6 Å². The Kier molecular flexibility index (Phi) is 7.43. The fourth-order valence-corrected chi connectivity index (χ4v) is 3.99. The van der Waals surface area contributed by atoms with Gasteiger partial charge >= 0.3 is 5.97 Å². The quantitative estimate of drug-likeness (QED) is 0.493. The summed E-state index contributed by atoms with van der Waals surface area (Å²) in [6, 6.07) is 11.2. The molecule has 136 valence electrons. The number of amides is 1. The number of rotatable bonds is 6. The smallest absolute Gasteiger partial charge is 0.352 e. The molecule has 0 aliphatic rings. The Morgan fingerprint density at radius 2 is 1.81 bits per heavy atom. The molecule has 0 aliphatic heterocycles. The normalized spacial score (nSPS) is 11.2. The second kappa shape index (κ2) is 9.34.